The quantitative estimate of drug-likeness (QED) is 0.878. The molecule has 0 spiro atoms. The number of carbonyl (C=O) groups is 1. The van der Waals surface area contributed by atoms with Gasteiger partial charge in [0.1, 0.15) is 5.75 Å². The average molecular weight is 304 g/mol. The zero-order valence-electron chi connectivity index (χ0n) is 14.0. The number of hydrogen-bond donors (Lipinski definition) is 1. The molecule has 1 N–H and O–H groups in total. The highest BCUT2D eigenvalue weighted by Gasteiger charge is 2.20. The van der Waals surface area contributed by atoms with Crippen molar-refractivity contribution in [3.05, 3.63) is 29.8 Å². The number of hydrogen-bond acceptors (Lipinski definition) is 3. The molecule has 1 saturated heterocycles. The molecule has 1 heterocycles. The van der Waals surface area contributed by atoms with Crippen molar-refractivity contribution in [2.75, 3.05) is 26.2 Å². The Kier molecular flexibility index (Phi) is 6.25. The molecule has 0 atom stereocenters. The van der Waals surface area contributed by atoms with Gasteiger partial charge in [-0.05, 0) is 43.5 Å². The Morgan fingerprint density at radius 3 is 2.73 bits per heavy atom. The third-order valence-corrected chi connectivity index (χ3v) is 4.05. The molecule has 4 nitrogen and oxygen atoms in total. The van der Waals surface area contributed by atoms with E-state index in [9.17, 15) is 4.79 Å². The minimum atomic E-state index is 0.00458. The summed E-state index contributed by atoms with van der Waals surface area (Å²) >= 11 is 0. The number of likely N-dealkylation sites (tertiary alicyclic amines) is 1. The standard InChI is InChI=1S/C18H28N2O2/c1-4-20-10-8-16(9-11-20)19-18(21)15-6-5-7-17(12-15)22-13-14(2)3/h5-7,12,14,16H,4,8-11,13H2,1-3H3,(H,19,21). The van der Waals surface area contributed by atoms with Crippen molar-refractivity contribution < 1.29 is 9.53 Å². The van der Waals surface area contributed by atoms with Gasteiger partial charge in [0, 0.05) is 24.7 Å². The molecule has 0 aromatic heterocycles. The van der Waals surface area contributed by atoms with Crippen LogP contribution < -0.4 is 10.1 Å². The van der Waals surface area contributed by atoms with E-state index in [2.05, 4.69) is 31.0 Å². The van der Waals surface area contributed by atoms with Crippen LogP contribution in [0.4, 0.5) is 0 Å². The lowest BCUT2D eigenvalue weighted by Gasteiger charge is -2.31. The molecule has 22 heavy (non-hydrogen) atoms. The van der Waals surface area contributed by atoms with Crippen LogP contribution >= 0.6 is 0 Å². The van der Waals surface area contributed by atoms with Gasteiger partial charge in [0.2, 0.25) is 0 Å². The van der Waals surface area contributed by atoms with E-state index in [1.165, 1.54) is 0 Å². The van der Waals surface area contributed by atoms with Gasteiger partial charge in [-0.2, -0.15) is 0 Å². The minimum Gasteiger partial charge on any atom is -0.493 e. The highest BCUT2D eigenvalue weighted by molar-refractivity contribution is 5.94. The summed E-state index contributed by atoms with van der Waals surface area (Å²) in [6.45, 7) is 10.3. The van der Waals surface area contributed by atoms with Crippen LogP contribution in [-0.2, 0) is 0 Å². The highest BCUT2D eigenvalue weighted by Crippen LogP contribution is 2.16. The maximum atomic E-state index is 12.4. The van der Waals surface area contributed by atoms with Crippen LogP contribution in [0.5, 0.6) is 5.75 Å². The first-order chi connectivity index (χ1) is 10.6. The van der Waals surface area contributed by atoms with Gasteiger partial charge in [-0.3, -0.25) is 4.79 Å². The zero-order chi connectivity index (χ0) is 15.9. The van der Waals surface area contributed by atoms with Gasteiger partial charge in [-0.1, -0.05) is 26.8 Å². The van der Waals surface area contributed by atoms with E-state index in [0.29, 0.717) is 18.1 Å². The Hall–Kier alpha value is -1.55. The Balaban J connectivity index is 1.88. The molecule has 4 heteroatoms. The van der Waals surface area contributed by atoms with E-state index in [0.717, 1.165) is 38.2 Å². The predicted molar refractivity (Wildman–Crippen MR) is 89.4 cm³/mol. The topological polar surface area (TPSA) is 41.6 Å². The van der Waals surface area contributed by atoms with E-state index in [4.69, 9.17) is 4.74 Å². The molecule has 1 aromatic carbocycles. The lowest BCUT2D eigenvalue weighted by Crippen LogP contribution is -2.44. The van der Waals surface area contributed by atoms with Gasteiger partial charge in [0.15, 0.2) is 0 Å². The maximum Gasteiger partial charge on any atom is 0.251 e. The van der Waals surface area contributed by atoms with E-state index in [-0.39, 0.29) is 11.9 Å². The monoisotopic (exact) mass is 304 g/mol. The molecule has 0 unspecified atom stereocenters. The van der Waals surface area contributed by atoms with Gasteiger partial charge in [0.05, 0.1) is 6.61 Å². The van der Waals surface area contributed by atoms with Gasteiger partial charge in [-0.25, -0.2) is 0 Å². The van der Waals surface area contributed by atoms with Crippen molar-refractivity contribution in [3.63, 3.8) is 0 Å². The summed E-state index contributed by atoms with van der Waals surface area (Å²) in [6, 6.07) is 7.75. The van der Waals surface area contributed by atoms with Crippen LogP contribution in [0.25, 0.3) is 0 Å². The summed E-state index contributed by atoms with van der Waals surface area (Å²) in [6.07, 6.45) is 2.06. The van der Waals surface area contributed by atoms with E-state index < -0.39 is 0 Å². The van der Waals surface area contributed by atoms with Crippen molar-refractivity contribution in [1.29, 1.82) is 0 Å². The molecule has 1 fully saturated rings. The third-order valence-electron chi connectivity index (χ3n) is 4.05. The number of amides is 1. The summed E-state index contributed by atoms with van der Waals surface area (Å²) < 4.78 is 5.69. The van der Waals surface area contributed by atoms with E-state index >= 15 is 0 Å². The minimum absolute atomic E-state index is 0.00458. The first-order valence-corrected chi connectivity index (χ1v) is 8.34. The van der Waals surface area contributed by atoms with Gasteiger partial charge in [0.25, 0.3) is 5.91 Å². The van der Waals surface area contributed by atoms with Crippen LogP contribution in [0.15, 0.2) is 24.3 Å². The SMILES string of the molecule is CCN1CCC(NC(=O)c2cccc(OCC(C)C)c2)CC1. The van der Waals surface area contributed by atoms with Crippen LogP contribution in [0.2, 0.25) is 0 Å². The molecule has 122 valence electrons. The van der Waals surface area contributed by atoms with Crippen LogP contribution in [0.3, 0.4) is 0 Å². The van der Waals surface area contributed by atoms with Crippen LogP contribution in [0, 0.1) is 5.92 Å². The average Bonchev–Trinajstić information content (AvgIpc) is 2.54. The molecule has 1 aromatic rings. The van der Waals surface area contributed by atoms with Crippen LogP contribution in [-0.4, -0.2) is 43.1 Å². The molecule has 1 amide bonds. The summed E-state index contributed by atoms with van der Waals surface area (Å²) in [5.41, 5.74) is 0.680. The summed E-state index contributed by atoms with van der Waals surface area (Å²) in [7, 11) is 0. The summed E-state index contributed by atoms with van der Waals surface area (Å²) in [5, 5.41) is 3.15. The van der Waals surface area contributed by atoms with Gasteiger partial charge >= 0.3 is 0 Å². The maximum absolute atomic E-state index is 12.4. The molecule has 1 aliphatic rings. The van der Waals surface area contributed by atoms with Gasteiger partial charge in [-0.15, -0.1) is 0 Å². The smallest absolute Gasteiger partial charge is 0.251 e. The Labute approximate surface area is 133 Å². The lowest BCUT2D eigenvalue weighted by molar-refractivity contribution is 0.0912. The lowest BCUT2D eigenvalue weighted by atomic mass is 10.0. The third kappa shape index (κ3) is 5.02. The Bertz CT molecular complexity index is 480. The van der Waals surface area contributed by atoms with Gasteiger partial charge < -0.3 is 15.0 Å². The number of benzene rings is 1. The van der Waals surface area contributed by atoms with Crippen molar-refractivity contribution in [1.82, 2.24) is 10.2 Å². The van der Waals surface area contributed by atoms with Crippen molar-refractivity contribution in [3.8, 4) is 5.75 Å². The highest BCUT2D eigenvalue weighted by atomic mass is 16.5. The number of nitrogens with zero attached hydrogens (tertiary/aromatic N) is 1. The van der Waals surface area contributed by atoms with Crippen molar-refractivity contribution >= 4 is 5.91 Å². The fourth-order valence-electron chi connectivity index (χ4n) is 2.65. The normalized spacial score (nSPS) is 16.7. The second-order valence-corrected chi connectivity index (χ2v) is 6.41. The van der Waals surface area contributed by atoms with Crippen molar-refractivity contribution in [2.45, 2.75) is 39.7 Å². The Morgan fingerprint density at radius 1 is 1.36 bits per heavy atom. The number of carbonyl (C=O) groups excluding carboxylic acids is 1. The fourth-order valence-corrected chi connectivity index (χ4v) is 2.65. The molecule has 0 aliphatic carbocycles. The van der Waals surface area contributed by atoms with E-state index in [1.54, 1.807) is 0 Å². The van der Waals surface area contributed by atoms with Crippen molar-refractivity contribution in [2.24, 2.45) is 5.92 Å². The molecule has 0 bridgehead atoms. The molecule has 1 aliphatic heterocycles. The molecular weight excluding hydrogens is 276 g/mol. The number of ether oxygens (including phenoxy) is 1. The number of piperidine rings is 1. The molecular formula is C18H28N2O2. The Morgan fingerprint density at radius 2 is 2.09 bits per heavy atom. The molecule has 0 saturated carbocycles. The first-order valence-electron chi connectivity index (χ1n) is 8.34. The summed E-state index contributed by atoms with van der Waals surface area (Å²) in [5.74, 6) is 1.24. The predicted octanol–water partition coefficient (Wildman–Crippen LogP) is 2.94. The largest absolute Gasteiger partial charge is 0.493 e. The zero-order valence-corrected chi connectivity index (χ0v) is 14.0. The number of rotatable bonds is 6. The van der Waals surface area contributed by atoms with Crippen LogP contribution in [0.1, 0.15) is 44.0 Å². The molecule has 0 radical (unpaired) electrons. The molecule has 2 rings (SSSR count). The van der Waals surface area contributed by atoms with E-state index in [1.807, 2.05) is 24.3 Å². The first kappa shape index (κ1) is 16.8. The summed E-state index contributed by atoms with van der Waals surface area (Å²) in [4.78, 5) is 14.8. The second kappa shape index (κ2) is 8.18. The number of nitrogens with one attached hydrogen (secondary N) is 1. The fraction of sp³-hybridized carbons (Fsp3) is 0.611. The second-order valence-electron chi connectivity index (χ2n) is 6.41.